The van der Waals surface area contributed by atoms with E-state index < -0.39 is 23.8 Å². The Balaban J connectivity index is 1.85. The Morgan fingerprint density at radius 1 is 1.06 bits per heavy atom. The summed E-state index contributed by atoms with van der Waals surface area (Å²) in [5.41, 5.74) is 0.869. The molecule has 0 unspecified atom stereocenters. The van der Waals surface area contributed by atoms with Crippen molar-refractivity contribution < 1.29 is 28.7 Å². The zero-order valence-corrected chi connectivity index (χ0v) is 16.8. The van der Waals surface area contributed by atoms with Gasteiger partial charge in [-0.2, -0.15) is 0 Å². The number of hydrogen-bond donors (Lipinski definition) is 1. The number of barbiturate groups is 1. The van der Waals surface area contributed by atoms with Crippen LogP contribution in [0.5, 0.6) is 5.75 Å². The molecule has 0 atom stereocenters. The van der Waals surface area contributed by atoms with Crippen LogP contribution >= 0.6 is 0 Å². The van der Waals surface area contributed by atoms with Crippen molar-refractivity contribution in [1.82, 2.24) is 5.32 Å². The van der Waals surface area contributed by atoms with Gasteiger partial charge in [0, 0.05) is 0 Å². The summed E-state index contributed by atoms with van der Waals surface area (Å²) in [5.74, 6) is -1.47. The maximum atomic E-state index is 12.9. The van der Waals surface area contributed by atoms with Crippen LogP contribution in [0, 0.1) is 0 Å². The number of nitrogens with one attached hydrogen (secondary N) is 1. The van der Waals surface area contributed by atoms with Crippen LogP contribution in [0.1, 0.15) is 22.8 Å². The molecule has 1 heterocycles. The molecule has 2 aromatic rings. The monoisotopic (exact) mass is 420 g/mol. The van der Waals surface area contributed by atoms with Crippen molar-refractivity contribution in [2.24, 2.45) is 0 Å². The van der Waals surface area contributed by atoms with Gasteiger partial charge >= 0.3 is 12.0 Å². The first-order chi connectivity index (χ1) is 14.9. The van der Waals surface area contributed by atoms with Crippen molar-refractivity contribution in [2.75, 3.05) is 18.1 Å². The zero-order valence-electron chi connectivity index (χ0n) is 16.8. The SMILES string of the molecule is C=CCOc1ccc(/C=C2\C(=O)NC(=O)N(c3ccc(C(=O)OCC)cc3)C2=O)cc1. The number of urea groups is 1. The summed E-state index contributed by atoms with van der Waals surface area (Å²) in [6, 6.07) is 11.6. The van der Waals surface area contributed by atoms with Gasteiger partial charge in [-0.1, -0.05) is 24.8 Å². The van der Waals surface area contributed by atoms with E-state index >= 15 is 0 Å². The summed E-state index contributed by atoms with van der Waals surface area (Å²) in [5, 5.41) is 2.16. The Morgan fingerprint density at radius 3 is 2.35 bits per heavy atom. The Bertz CT molecular complexity index is 1050. The zero-order chi connectivity index (χ0) is 22.4. The fourth-order valence-corrected chi connectivity index (χ4v) is 2.84. The van der Waals surface area contributed by atoms with Gasteiger partial charge in [0.2, 0.25) is 0 Å². The molecule has 0 spiro atoms. The largest absolute Gasteiger partial charge is 0.490 e. The average molecular weight is 420 g/mol. The number of rotatable bonds is 7. The third-order valence-electron chi connectivity index (χ3n) is 4.30. The number of ether oxygens (including phenoxy) is 2. The van der Waals surface area contributed by atoms with Crippen LogP contribution < -0.4 is 15.0 Å². The smallest absolute Gasteiger partial charge is 0.338 e. The second kappa shape index (κ2) is 9.53. The van der Waals surface area contributed by atoms with E-state index in [1.807, 2.05) is 0 Å². The number of amides is 4. The number of carbonyl (C=O) groups excluding carboxylic acids is 4. The van der Waals surface area contributed by atoms with Crippen molar-refractivity contribution in [2.45, 2.75) is 6.92 Å². The van der Waals surface area contributed by atoms with Gasteiger partial charge in [-0.05, 0) is 55.0 Å². The fourth-order valence-electron chi connectivity index (χ4n) is 2.84. The number of imide groups is 2. The molecule has 0 saturated carbocycles. The third-order valence-corrected chi connectivity index (χ3v) is 4.30. The number of anilines is 1. The van der Waals surface area contributed by atoms with Crippen LogP contribution in [0.2, 0.25) is 0 Å². The van der Waals surface area contributed by atoms with Crippen LogP contribution in [-0.4, -0.2) is 37.0 Å². The minimum atomic E-state index is -0.871. The molecular weight excluding hydrogens is 400 g/mol. The van der Waals surface area contributed by atoms with Crippen LogP contribution in [0.25, 0.3) is 6.08 Å². The Morgan fingerprint density at radius 2 is 1.74 bits per heavy atom. The lowest BCUT2D eigenvalue weighted by Gasteiger charge is -2.26. The van der Waals surface area contributed by atoms with Gasteiger partial charge < -0.3 is 9.47 Å². The number of nitrogens with zero attached hydrogens (tertiary/aromatic N) is 1. The molecule has 1 N–H and O–H groups in total. The third kappa shape index (κ3) is 4.87. The highest BCUT2D eigenvalue weighted by Crippen LogP contribution is 2.23. The van der Waals surface area contributed by atoms with Crippen molar-refractivity contribution in [1.29, 1.82) is 0 Å². The molecule has 4 amide bonds. The molecule has 0 bridgehead atoms. The molecule has 1 fully saturated rings. The topological polar surface area (TPSA) is 102 Å². The molecule has 158 valence electrons. The van der Waals surface area contributed by atoms with Crippen LogP contribution in [-0.2, 0) is 14.3 Å². The second-order valence-electron chi connectivity index (χ2n) is 6.39. The Hall–Kier alpha value is -4.20. The number of esters is 1. The predicted molar refractivity (Wildman–Crippen MR) is 114 cm³/mol. The van der Waals surface area contributed by atoms with Gasteiger partial charge in [0.15, 0.2) is 0 Å². The summed E-state index contributed by atoms with van der Waals surface area (Å²) in [4.78, 5) is 50.1. The van der Waals surface area contributed by atoms with Crippen molar-refractivity contribution in [3.8, 4) is 5.75 Å². The molecule has 0 radical (unpaired) electrons. The fraction of sp³-hybridized carbons (Fsp3) is 0.130. The molecule has 1 aliphatic heterocycles. The maximum Gasteiger partial charge on any atom is 0.338 e. The summed E-state index contributed by atoms with van der Waals surface area (Å²) in [7, 11) is 0. The first-order valence-corrected chi connectivity index (χ1v) is 9.47. The van der Waals surface area contributed by atoms with E-state index in [9.17, 15) is 19.2 Å². The van der Waals surface area contributed by atoms with Crippen molar-refractivity contribution in [3.63, 3.8) is 0 Å². The van der Waals surface area contributed by atoms with Gasteiger partial charge in [0.25, 0.3) is 11.8 Å². The van der Waals surface area contributed by atoms with Gasteiger partial charge in [0.1, 0.15) is 17.9 Å². The van der Waals surface area contributed by atoms with E-state index in [-0.39, 0.29) is 23.4 Å². The predicted octanol–water partition coefficient (Wildman–Crippen LogP) is 3.09. The van der Waals surface area contributed by atoms with Gasteiger partial charge in [-0.25, -0.2) is 14.5 Å². The highest BCUT2D eigenvalue weighted by atomic mass is 16.5. The normalized spacial score (nSPS) is 14.9. The van der Waals surface area contributed by atoms with Gasteiger partial charge in [-0.3, -0.25) is 14.9 Å². The first kappa shape index (κ1) is 21.5. The quantitative estimate of drug-likeness (QED) is 0.320. The van der Waals surface area contributed by atoms with Crippen LogP contribution in [0.15, 0.2) is 66.8 Å². The van der Waals surface area contributed by atoms with Crippen molar-refractivity contribution in [3.05, 3.63) is 77.9 Å². The first-order valence-electron chi connectivity index (χ1n) is 9.47. The minimum Gasteiger partial charge on any atom is -0.490 e. The molecule has 8 nitrogen and oxygen atoms in total. The lowest BCUT2D eigenvalue weighted by atomic mass is 10.1. The molecule has 0 aromatic heterocycles. The Labute approximate surface area is 178 Å². The van der Waals surface area contributed by atoms with E-state index in [4.69, 9.17) is 9.47 Å². The summed E-state index contributed by atoms with van der Waals surface area (Å²) in [6.07, 6.45) is 3.01. The van der Waals surface area contributed by atoms with Gasteiger partial charge in [0.05, 0.1) is 17.9 Å². The average Bonchev–Trinajstić information content (AvgIpc) is 2.76. The molecule has 31 heavy (non-hydrogen) atoms. The van der Waals surface area contributed by atoms with E-state index in [0.29, 0.717) is 17.9 Å². The summed E-state index contributed by atoms with van der Waals surface area (Å²) in [6.45, 7) is 5.85. The molecule has 1 aliphatic rings. The van der Waals surface area contributed by atoms with Crippen molar-refractivity contribution >= 4 is 35.6 Å². The van der Waals surface area contributed by atoms with Gasteiger partial charge in [-0.15, -0.1) is 0 Å². The number of benzene rings is 2. The molecule has 1 saturated heterocycles. The standard InChI is InChI=1S/C23H20N2O6/c1-3-13-31-18-11-5-15(6-12-18)14-19-20(26)24-23(29)25(21(19)27)17-9-7-16(8-10-17)22(28)30-4-2/h3,5-12,14H,1,4,13H2,2H3,(H,24,26,29)/b19-14+. The maximum absolute atomic E-state index is 12.9. The lowest BCUT2D eigenvalue weighted by Crippen LogP contribution is -2.54. The van der Waals surface area contributed by atoms with E-state index in [0.717, 1.165) is 4.90 Å². The molecule has 3 rings (SSSR count). The molecule has 8 heteroatoms. The number of hydrogen-bond acceptors (Lipinski definition) is 6. The highest BCUT2D eigenvalue weighted by Gasteiger charge is 2.36. The second-order valence-corrected chi connectivity index (χ2v) is 6.39. The van der Waals surface area contributed by atoms with E-state index in [2.05, 4.69) is 11.9 Å². The van der Waals surface area contributed by atoms with Crippen LogP contribution in [0.3, 0.4) is 0 Å². The lowest BCUT2D eigenvalue weighted by molar-refractivity contribution is -0.122. The molecular formula is C23H20N2O6. The molecule has 0 aliphatic carbocycles. The van der Waals surface area contributed by atoms with E-state index in [1.165, 1.54) is 30.3 Å². The number of carbonyl (C=O) groups is 4. The van der Waals surface area contributed by atoms with E-state index in [1.54, 1.807) is 37.3 Å². The highest BCUT2D eigenvalue weighted by molar-refractivity contribution is 6.39. The minimum absolute atomic E-state index is 0.200. The summed E-state index contributed by atoms with van der Waals surface area (Å²) >= 11 is 0. The molecule has 2 aromatic carbocycles. The summed E-state index contributed by atoms with van der Waals surface area (Å²) < 4.78 is 10.3. The Kier molecular flexibility index (Phi) is 6.61. The van der Waals surface area contributed by atoms with Crippen LogP contribution in [0.4, 0.5) is 10.5 Å².